The van der Waals surface area contributed by atoms with Crippen LogP contribution in [0.2, 0.25) is 0 Å². The molecular formula is C10H10NiO4. The summed E-state index contributed by atoms with van der Waals surface area (Å²) in [5.41, 5.74) is 0.710. The van der Waals surface area contributed by atoms with Crippen LogP contribution in [0.5, 0.6) is 0 Å². The Morgan fingerprint density at radius 1 is 1.07 bits per heavy atom. The van der Waals surface area contributed by atoms with E-state index in [2.05, 4.69) is 0 Å². The Balaban J connectivity index is 0.00000196. The molecule has 0 fully saturated rings. The van der Waals surface area contributed by atoms with E-state index in [1.807, 2.05) is 0 Å². The van der Waals surface area contributed by atoms with Crippen molar-refractivity contribution >= 4 is 11.9 Å². The number of carbonyl (C=O) groups is 2. The Labute approximate surface area is 96.8 Å². The molecule has 0 heterocycles. The van der Waals surface area contributed by atoms with Gasteiger partial charge in [0.2, 0.25) is 0 Å². The summed E-state index contributed by atoms with van der Waals surface area (Å²) in [7, 11) is 0. The zero-order chi connectivity index (χ0) is 10.6. The summed E-state index contributed by atoms with van der Waals surface area (Å²) < 4.78 is 0. The minimum absolute atomic E-state index is 0. The Morgan fingerprint density at radius 2 is 1.53 bits per heavy atom. The van der Waals surface area contributed by atoms with Gasteiger partial charge in [-0.05, 0) is 12.0 Å². The Morgan fingerprint density at radius 3 is 1.93 bits per heavy atom. The largest absolute Gasteiger partial charge is 0.481 e. The fourth-order valence-electron chi connectivity index (χ4n) is 1.13. The second kappa shape index (κ2) is 6.20. The molecule has 2 N–H and O–H groups in total. The molecule has 0 saturated heterocycles. The summed E-state index contributed by atoms with van der Waals surface area (Å²) in [6, 6.07) is 8.70. The molecule has 0 aliphatic rings. The van der Waals surface area contributed by atoms with E-state index in [-0.39, 0.29) is 22.9 Å². The van der Waals surface area contributed by atoms with Gasteiger partial charge in [0.15, 0.2) is 5.92 Å². The van der Waals surface area contributed by atoms with E-state index in [1.54, 1.807) is 30.3 Å². The molecule has 0 aliphatic heterocycles. The van der Waals surface area contributed by atoms with E-state index in [9.17, 15) is 9.59 Å². The monoisotopic (exact) mass is 252 g/mol. The van der Waals surface area contributed by atoms with Gasteiger partial charge in [-0.15, -0.1) is 0 Å². The second-order valence-corrected chi connectivity index (χ2v) is 2.92. The number of rotatable bonds is 4. The van der Waals surface area contributed by atoms with Crippen molar-refractivity contribution in [2.45, 2.75) is 6.42 Å². The Kier molecular flexibility index (Phi) is 5.64. The number of carboxylic acid groups (broad SMARTS) is 2. The minimum atomic E-state index is -1.36. The quantitative estimate of drug-likeness (QED) is 0.620. The fourth-order valence-corrected chi connectivity index (χ4v) is 1.13. The van der Waals surface area contributed by atoms with Crippen LogP contribution >= 0.6 is 0 Å². The zero-order valence-electron chi connectivity index (χ0n) is 7.70. The van der Waals surface area contributed by atoms with Gasteiger partial charge >= 0.3 is 11.9 Å². The topological polar surface area (TPSA) is 74.6 Å². The molecule has 1 aromatic carbocycles. The summed E-state index contributed by atoms with van der Waals surface area (Å²) in [6.07, 6.45) is 0.0194. The van der Waals surface area contributed by atoms with Crippen molar-refractivity contribution in [3.05, 3.63) is 35.9 Å². The number of aliphatic carboxylic acids is 2. The van der Waals surface area contributed by atoms with E-state index in [0.29, 0.717) is 5.56 Å². The molecule has 0 atom stereocenters. The van der Waals surface area contributed by atoms with E-state index < -0.39 is 17.9 Å². The summed E-state index contributed by atoms with van der Waals surface area (Å²) in [6.45, 7) is 0. The summed E-state index contributed by atoms with van der Waals surface area (Å²) in [5.74, 6) is -3.97. The third-order valence-electron chi connectivity index (χ3n) is 1.88. The SMILES string of the molecule is O=C(O)C(Cc1ccccc1)C(=O)O.[Ni]. The van der Waals surface area contributed by atoms with Crippen LogP contribution in [0, 0.1) is 5.92 Å². The molecule has 0 spiro atoms. The van der Waals surface area contributed by atoms with E-state index in [4.69, 9.17) is 10.2 Å². The van der Waals surface area contributed by atoms with Gasteiger partial charge in [-0.2, -0.15) is 0 Å². The predicted octanol–water partition coefficient (Wildman–Crippen LogP) is 1.01. The van der Waals surface area contributed by atoms with Gasteiger partial charge < -0.3 is 10.2 Å². The van der Waals surface area contributed by atoms with E-state index >= 15 is 0 Å². The molecule has 0 saturated carbocycles. The summed E-state index contributed by atoms with van der Waals surface area (Å²) >= 11 is 0. The number of carboxylic acids is 2. The molecule has 84 valence electrons. The van der Waals surface area contributed by atoms with Gasteiger partial charge in [0.25, 0.3) is 0 Å². The second-order valence-electron chi connectivity index (χ2n) is 2.92. The molecule has 4 nitrogen and oxygen atoms in total. The van der Waals surface area contributed by atoms with Crippen molar-refractivity contribution in [2.75, 3.05) is 0 Å². The average molecular weight is 253 g/mol. The van der Waals surface area contributed by atoms with Gasteiger partial charge in [-0.3, -0.25) is 9.59 Å². The third-order valence-corrected chi connectivity index (χ3v) is 1.88. The summed E-state index contributed by atoms with van der Waals surface area (Å²) in [5, 5.41) is 17.2. The number of hydrogen-bond acceptors (Lipinski definition) is 2. The molecular weight excluding hydrogens is 243 g/mol. The maximum Gasteiger partial charge on any atom is 0.318 e. The molecule has 15 heavy (non-hydrogen) atoms. The van der Waals surface area contributed by atoms with Gasteiger partial charge in [0, 0.05) is 16.5 Å². The molecule has 1 aromatic rings. The van der Waals surface area contributed by atoms with Crippen molar-refractivity contribution in [1.82, 2.24) is 0 Å². The Bertz CT molecular complexity index is 323. The van der Waals surface area contributed by atoms with Gasteiger partial charge in [0.1, 0.15) is 0 Å². The van der Waals surface area contributed by atoms with Crippen molar-refractivity contribution in [2.24, 2.45) is 5.92 Å². The predicted molar refractivity (Wildman–Crippen MR) is 48.9 cm³/mol. The van der Waals surface area contributed by atoms with Crippen LogP contribution in [0.25, 0.3) is 0 Å². The normalized spacial score (nSPS) is 9.40. The average Bonchev–Trinajstić information content (AvgIpc) is 2.15. The maximum absolute atomic E-state index is 10.6. The van der Waals surface area contributed by atoms with Crippen LogP contribution in [0.15, 0.2) is 30.3 Å². The molecule has 1 rings (SSSR count). The fraction of sp³-hybridized carbons (Fsp3) is 0.200. The Hall–Kier alpha value is -1.35. The molecule has 0 bridgehead atoms. The standard InChI is InChI=1S/C10H10O4.Ni/c11-9(12)8(10(13)14)6-7-4-2-1-3-5-7;/h1-5,8H,6H2,(H,11,12)(H,13,14);. The number of hydrogen-bond donors (Lipinski definition) is 2. The maximum atomic E-state index is 10.6. The zero-order valence-corrected chi connectivity index (χ0v) is 8.69. The molecule has 0 radical (unpaired) electrons. The van der Waals surface area contributed by atoms with Crippen LogP contribution in [-0.2, 0) is 32.5 Å². The molecule has 0 unspecified atom stereocenters. The van der Waals surface area contributed by atoms with E-state index in [1.165, 1.54) is 0 Å². The van der Waals surface area contributed by atoms with Crippen molar-refractivity contribution < 1.29 is 36.3 Å². The molecule has 5 heteroatoms. The van der Waals surface area contributed by atoms with Crippen molar-refractivity contribution in [3.63, 3.8) is 0 Å². The molecule has 0 amide bonds. The summed E-state index contributed by atoms with van der Waals surface area (Å²) in [4.78, 5) is 21.1. The van der Waals surface area contributed by atoms with Crippen LogP contribution in [-0.4, -0.2) is 22.2 Å². The van der Waals surface area contributed by atoms with Crippen LogP contribution in [0.3, 0.4) is 0 Å². The third kappa shape index (κ3) is 4.13. The smallest absolute Gasteiger partial charge is 0.318 e. The van der Waals surface area contributed by atoms with Crippen LogP contribution in [0.1, 0.15) is 5.56 Å². The van der Waals surface area contributed by atoms with Gasteiger partial charge in [0.05, 0.1) is 0 Å². The van der Waals surface area contributed by atoms with Gasteiger partial charge in [-0.1, -0.05) is 30.3 Å². The van der Waals surface area contributed by atoms with Crippen LogP contribution in [0.4, 0.5) is 0 Å². The molecule has 0 aliphatic carbocycles. The first-order valence-corrected chi connectivity index (χ1v) is 4.11. The first-order chi connectivity index (χ1) is 6.61. The minimum Gasteiger partial charge on any atom is -0.481 e. The van der Waals surface area contributed by atoms with Crippen molar-refractivity contribution in [1.29, 1.82) is 0 Å². The number of benzene rings is 1. The first kappa shape index (κ1) is 13.7. The van der Waals surface area contributed by atoms with Gasteiger partial charge in [-0.25, -0.2) is 0 Å². The molecule has 0 aromatic heterocycles. The first-order valence-electron chi connectivity index (χ1n) is 4.11. The van der Waals surface area contributed by atoms with E-state index in [0.717, 1.165) is 0 Å². The van der Waals surface area contributed by atoms with Crippen LogP contribution < -0.4 is 0 Å². The van der Waals surface area contributed by atoms with Crippen molar-refractivity contribution in [3.8, 4) is 0 Å².